The number of imidazole rings is 1. The lowest BCUT2D eigenvalue weighted by atomic mass is 10.1. The Morgan fingerprint density at radius 2 is 1.87 bits per heavy atom. The number of hydrogen-bond acceptors (Lipinski definition) is 4. The van der Waals surface area contributed by atoms with Gasteiger partial charge in [0.05, 0.1) is 24.3 Å². The molecule has 0 saturated carbocycles. The molecular formula is C17H17F5N6O2. The van der Waals surface area contributed by atoms with Crippen LogP contribution in [0.2, 0.25) is 0 Å². The van der Waals surface area contributed by atoms with Gasteiger partial charge >= 0.3 is 12.2 Å². The van der Waals surface area contributed by atoms with Crippen molar-refractivity contribution in [3.63, 3.8) is 0 Å². The largest absolute Gasteiger partial charge is 0.408 e. The summed E-state index contributed by atoms with van der Waals surface area (Å²) in [5.74, 6) is -3.26. The van der Waals surface area contributed by atoms with Crippen LogP contribution in [0, 0.1) is 11.9 Å². The lowest BCUT2D eigenvalue weighted by Gasteiger charge is -2.34. The molecule has 13 heteroatoms. The first-order valence-corrected chi connectivity index (χ1v) is 8.78. The second-order valence-electron chi connectivity index (χ2n) is 6.84. The number of urea groups is 1. The topological polar surface area (TPSA) is 92.2 Å². The third-order valence-electron chi connectivity index (χ3n) is 4.59. The molecule has 0 aliphatic carbocycles. The summed E-state index contributed by atoms with van der Waals surface area (Å²) in [5.41, 5.74) is -0.160. The summed E-state index contributed by atoms with van der Waals surface area (Å²) in [7, 11) is 0. The Balaban J connectivity index is 1.78. The van der Waals surface area contributed by atoms with E-state index < -0.39 is 42.1 Å². The van der Waals surface area contributed by atoms with E-state index in [1.54, 1.807) is 11.5 Å². The van der Waals surface area contributed by atoms with Gasteiger partial charge in [-0.1, -0.05) is 0 Å². The van der Waals surface area contributed by atoms with E-state index in [1.165, 1.54) is 11.2 Å². The van der Waals surface area contributed by atoms with Gasteiger partial charge in [0.15, 0.2) is 5.69 Å². The first kappa shape index (κ1) is 21.5. The molecule has 0 unspecified atom stereocenters. The second-order valence-corrected chi connectivity index (χ2v) is 6.84. The molecule has 0 aromatic carbocycles. The third kappa shape index (κ3) is 4.49. The van der Waals surface area contributed by atoms with E-state index in [9.17, 15) is 31.5 Å². The van der Waals surface area contributed by atoms with E-state index in [0.717, 1.165) is 19.1 Å². The molecule has 2 atom stereocenters. The first-order valence-electron chi connectivity index (χ1n) is 8.78. The standard InChI is InChI=1S/C17H17F5N6O2/c1-8-5-27-7-23-14(15(29)24-9(2)17(20,21)22)11(27)6-28(8)16(30)25-10-3-12(18)26-13(19)4-10/h3-4,7-9H,5-6H2,1-2H3,(H,24,29)(H,25,26,30)/t8-,9+/m0/s1. The molecule has 0 bridgehead atoms. The molecule has 2 aromatic rings. The highest BCUT2D eigenvalue weighted by atomic mass is 19.4. The normalized spacial score (nSPS) is 17.3. The highest BCUT2D eigenvalue weighted by Gasteiger charge is 2.38. The Morgan fingerprint density at radius 3 is 2.47 bits per heavy atom. The molecule has 162 valence electrons. The highest BCUT2D eigenvalue weighted by Crippen LogP contribution is 2.24. The summed E-state index contributed by atoms with van der Waals surface area (Å²) in [4.78, 5) is 32.9. The summed E-state index contributed by atoms with van der Waals surface area (Å²) >= 11 is 0. The maximum atomic E-state index is 13.2. The lowest BCUT2D eigenvalue weighted by molar-refractivity contribution is -0.149. The Morgan fingerprint density at radius 1 is 1.23 bits per heavy atom. The number of amides is 3. The van der Waals surface area contributed by atoms with Gasteiger partial charge < -0.3 is 20.1 Å². The van der Waals surface area contributed by atoms with Crippen molar-refractivity contribution in [3.05, 3.63) is 41.7 Å². The minimum atomic E-state index is -4.62. The quantitative estimate of drug-likeness (QED) is 0.576. The number of hydrogen-bond donors (Lipinski definition) is 2. The Labute approximate surface area is 167 Å². The molecule has 0 saturated heterocycles. The number of rotatable bonds is 3. The Hall–Kier alpha value is -3.25. The van der Waals surface area contributed by atoms with Gasteiger partial charge in [0.25, 0.3) is 5.91 Å². The van der Waals surface area contributed by atoms with Crippen molar-refractivity contribution >= 4 is 17.6 Å². The number of halogens is 5. The van der Waals surface area contributed by atoms with Crippen molar-refractivity contribution in [1.29, 1.82) is 0 Å². The van der Waals surface area contributed by atoms with E-state index in [0.29, 0.717) is 0 Å². The van der Waals surface area contributed by atoms with Crippen LogP contribution < -0.4 is 10.6 Å². The zero-order chi connectivity index (χ0) is 22.2. The summed E-state index contributed by atoms with van der Waals surface area (Å²) in [6, 6.07) is -1.53. The number of carbonyl (C=O) groups is 2. The molecule has 0 radical (unpaired) electrons. The number of anilines is 1. The van der Waals surface area contributed by atoms with E-state index in [1.807, 2.05) is 5.32 Å². The van der Waals surface area contributed by atoms with Gasteiger partial charge in [0.1, 0.15) is 6.04 Å². The summed E-state index contributed by atoms with van der Waals surface area (Å²) in [6.45, 7) is 2.57. The molecular weight excluding hydrogens is 415 g/mol. The molecule has 1 aliphatic rings. The van der Waals surface area contributed by atoms with Crippen LogP contribution in [0.3, 0.4) is 0 Å². The van der Waals surface area contributed by atoms with Gasteiger partial charge in [0, 0.05) is 24.7 Å². The Kier molecular flexibility index (Phi) is 5.63. The SMILES string of the molecule is C[C@H]1Cn2cnc(C(=O)N[C@H](C)C(F)(F)F)c2CN1C(=O)Nc1cc(F)nc(F)c1. The lowest BCUT2D eigenvalue weighted by Crippen LogP contribution is -2.47. The fourth-order valence-electron chi connectivity index (χ4n) is 2.97. The second kappa shape index (κ2) is 7.88. The Bertz CT molecular complexity index is 956. The van der Waals surface area contributed by atoms with Gasteiger partial charge in [-0.2, -0.15) is 26.9 Å². The minimum Gasteiger partial charge on any atom is -0.339 e. The maximum Gasteiger partial charge on any atom is 0.408 e. The molecule has 0 spiro atoms. The van der Waals surface area contributed by atoms with Crippen molar-refractivity contribution < 1.29 is 31.5 Å². The van der Waals surface area contributed by atoms with Crippen LogP contribution in [0.5, 0.6) is 0 Å². The predicted octanol–water partition coefficient (Wildman–Crippen LogP) is 2.67. The van der Waals surface area contributed by atoms with Crippen LogP contribution in [0.15, 0.2) is 18.5 Å². The maximum absolute atomic E-state index is 13.2. The zero-order valence-electron chi connectivity index (χ0n) is 15.8. The number of pyridine rings is 1. The summed E-state index contributed by atoms with van der Waals surface area (Å²) < 4.78 is 66.2. The molecule has 0 fully saturated rings. The van der Waals surface area contributed by atoms with Gasteiger partial charge in [-0.3, -0.25) is 4.79 Å². The average Bonchev–Trinajstić information content (AvgIpc) is 3.01. The fraction of sp³-hybridized carbons (Fsp3) is 0.412. The number of fused-ring (bicyclic) bond motifs is 1. The van der Waals surface area contributed by atoms with Crippen LogP contribution in [-0.2, 0) is 13.1 Å². The van der Waals surface area contributed by atoms with Crippen molar-refractivity contribution in [3.8, 4) is 0 Å². The van der Waals surface area contributed by atoms with Crippen LogP contribution in [0.25, 0.3) is 0 Å². The average molecular weight is 432 g/mol. The van der Waals surface area contributed by atoms with Crippen LogP contribution in [0.4, 0.5) is 32.4 Å². The predicted molar refractivity (Wildman–Crippen MR) is 93.4 cm³/mol. The van der Waals surface area contributed by atoms with E-state index >= 15 is 0 Å². The van der Waals surface area contributed by atoms with Gasteiger partial charge in [-0.25, -0.2) is 9.78 Å². The number of aromatic nitrogens is 3. The smallest absolute Gasteiger partial charge is 0.339 e. The third-order valence-corrected chi connectivity index (χ3v) is 4.59. The fourth-order valence-corrected chi connectivity index (χ4v) is 2.97. The zero-order valence-corrected chi connectivity index (χ0v) is 15.8. The summed E-state index contributed by atoms with van der Waals surface area (Å²) in [6.07, 6.45) is -3.31. The van der Waals surface area contributed by atoms with Crippen LogP contribution in [0.1, 0.15) is 30.0 Å². The van der Waals surface area contributed by atoms with E-state index in [-0.39, 0.29) is 30.2 Å². The number of nitrogens with one attached hydrogen (secondary N) is 2. The van der Waals surface area contributed by atoms with E-state index in [4.69, 9.17) is 0 Å². The van der Waals surface area contributed by atoms with Gasteiger partial charge in [-0.15, -0.1) is 0 Å². The molecule has 2 aromatic heterocycles. The van der Waals surface area contributed by atoms with Crippen molar-refractivity contribution in [2.75, 3.05) is 5.32 Å². The van der Waals surface area contributed by atoms with Gasteiger partial charge in [-0.05, 0) is 13.8 Å². The summed E-state index contributed by atoms with van der Waals surface area (Å²) in [5, 5.41) is 4.17. The number of carbonyl (C=O) groups excluding carboxylic acids is 2. The van der Waals surface area contributed by atoms with Crippen LogP contribution in [-0.4, -0.2) is 49.6 Å². The molecule has 3 heterocycles. The highest BCUT2D eigenvalue weighted by molar-refractivity contribution is 5.94. The number of alkyl halides is 3. The van der Waals surface area contributed by atoms with Gasteiger partial charge in [0.2, 0.25) is 11.9 Å². The molecule has 30 heavy (non-hydrogen) atoms. The molecule has 1 aliphatic heterocycles. The molecule has 3 rings (SSSR count). The monoisotopic (exact) mass is 432 g/mol. The number of nitrogens with zero attached hydrogens (tertiary/aromatic N) is 4. The van der Waals surface area contributed by atoms with Crippen molar-refractivity contribution in [1.82, 2.24) is 24.8 Å². The van der Waals surface area contributed by atoms with Crippen LogP contribution >= 0.6 is 0 Å². The minimum absolute atomic E-state index is 0.147. The van der Waals surface area contributed by atoms with E-state index in [2.05, 4.69) is 15.3 Å². The first-order chi connectivity index (χ1) is 14.0. The van der Waals surface area contributed by atoms with Crippen molar-refractivity contribution in [2.24, 2.45) is 0 Å². The molecule has 3 amide bonds. The molecule has 2 N–H and O–H groups in total. The van der Waals surface area contributed by atoms with Crippen molar-refractivity contribution in [2.45, 2.75) is 45.2 Å². The molecule has 8 nitrogen and oxygen atoms in total.